The van der Waals surface area contributed by atoms with E-state index in [0.29, 0.717) is 12.8 Å². The third-order valence-electron chi connectivity index (χ3n) is 3.83. The van der Waals surface area contributed by atoms with E-state index < -0.39 is 21.9 Å². The number of rotatable bonds is 5. The van der Waals surface area contributed by atoms with E-state index in [0.717, 1.165) is 19.3 Å². The minimum absolute atomic E-state index is 0.0967. The highest BCUT2D eigenvalue weighted by atomic mass is 32.2. The van der Waals surface area contributed by atoms with E-state index >= 15 is 0 Å². The zero-order valence-corrected chi connectivity index (χ0v) is 10.7. The Balaban J connectivity index is 1.98. The van der Waals surface area contributed by atoms with Gasteiger partial charge in [0.25, 0.3) is 0 Å². The summed E-state index contributed by atoms with van der Waals surface area (Å²) in [5.74, 6) is -1.10. The summed E-state index contributed by atoms with van der Waals surface area (Å²) in [4.78, 5) is 11.1. The predicted molar refractivity (Wildman–Crippen MR) is 63.0 cm³/mol. The van der Waals surface area contributed by atoms with Crippen LogP contribution in [0.4, 0.5) is 0 Å². The molecule has 2 fully saturated rings. The van der Waals surface area contributed by atoms with Crippen LogP contribution in [-0.4, -0.2) is 30.8 Å². The average molecular weight is 261 g/mol. The number of carboxylic acids is 1. The summed E-state index contributed by atoms with van der Waals surface area (Å²) in [6.07, 6.45) is 3.35. The molecule has 2 N–H and O–H groups in total. The molecule has 0 radical (unpaired) electrons. The van der Waals surface area contributed by atoms with Crippen LogP contribution in [0.2, 0.25) is 0 Å². The number of aliphatic carboxylic acids is 1. The maximum atomic E-state index is 11.8. The van der Waals surface area contributed by atoms with Crippen molar-refractivity contribution in [3.63, 3.8) is 0 Å². The van der Waals surface area contributed by atoms with Crippen LogP contribution in [-0.2, 0) is 14.8 Å². The molecule has 0 bridgehead atoms. The van der Waals surface area contributed by atoms with Crippen molar-refractivity contribution in [2.24, 2.45) is 11.8 Å². The van der Waals surface area contributed by atoms with Gasteiger partial charge in [-0.15, -0.1) is 0 Å². The van der Waals surface area contributed by atoms with E-state index in [1.54, 1.807) is 0 Å². The van der Waals surface area contributed by atoms with Gasteiger partial charge in [-0.2, -0.15) is 0 Å². The summed E-state index contributed by atoms with van der Waals surface area (Å²) in [7, 11) is -3.19. The van der Waals surface area contributed by atoms with E-state index in [1.807, 2.05) is 6.92 Å². The van der Waals surface area contributed by atoms with Crippen LogP contribution >= 0.6 is 0 Å². The molecule has 2 aliphatic rings. The molecule has 3 atom stereocenters. The summed E-state index contributed by atoms with van der Waals surface area (Å²) < 4.78 is 26.2. The van der Waals surface area contributed by atoms with Crippen molar-refractivity contribution >= 4 is 16.0 Å². The SMILES string of the molecule is CC[C@@H]1CC(NS(=O)(=O)C2CC2)C[C@@H]1C(=O)O. The Bertz CT molecular complexity index is 402. The lowest BCUT2D eigenvalue weighted by atomic mass is 9.94. The van der Waals surface area contributed by atoms with E-state index in [1.165, 1.54) is 0 Å². The second-order valence-electron chi connectivity index (χ2n) is 5.14. The largest absolute Gasteiger partial charge is 0.481 e. The first-order chi connectivity index (χ1) is 7.94. The van der Waals surface area contributed by atoms with Crippen LogP contribution in [0.1, 0.15) is 39.0 Å². The summed E-state index contributed by atoms with van der Waals surface area (Å²) in [5.41, 5.74) is 0. The first kappa shape index (κ1) is 12.8. The molecule has 0 aromatic heterocycles. The van der Waals surface area contributed by atoms with Crippen LogP contribution in [0.25, 0.3) is 0 Å². The molecular weight excluding hydrogens is 242 g/mol. The third kappa shape index (κ3) is 2.80. The number of carbonyl (C=O) groups is 1. The normalized spacial score (nSPS) is 33.8. The second kappa shape index (κ2) is 4.57. The number of carboxylic acid groups (broad SMARTS) is 1. The van der Waals surface area contributed by atoms with Crippen molar-refractivity contribution in [3.8, 4) is 0 Å². The van der Waals surface area contributed by atoms with Gasteiger partial charge in [0.15, 0.2) is 0 Å². The molecule has 2 saturated carbocycles. The van der Waals surface area contributed by atoms with Crippen molar-refractivity contribution in [1.82, 2.24) is 4.72 Å². The molecule has 98 valence electrons. The molecule has 0 spiro atoms. The number of hydrogen-bond donors (Lipinski definition) is 2. The van der Waals surface area contributed by atoms with Crippen LogP contribution < -0.4 is 4.72 Å². The van der Waals surface area contributed by atoms with Crippen LogP contribution in [0.3, 0.4) is 0 Å². The molecule has 1 unspecified atom stereocenters. The Labute approximate surface area is 102 Å². The van der Waals surface area contributed by atoms with Crippen molar-refractivity contribution in [2.75, 3.05) is 0 Å². The maximum Gasteiger partial charge on any atom is 0.306 e. The van der Waals surface area contributed by atoms with E-state index in [-0.39, 0.29) is 17.2 Å². The Hall–Kier alpha value is -0.620. The molecule has 0 aromatic rings. The zero-order chi connectivity index (χ0) is 12.6. The van der Waals surface area contributed by atoms with E-state index in [9.17, 15) is 13.2 Å². The molecule has 2 aliphatic carbocycles. The minimum Gasteiger partial charge on any atom is -0.481 e. The average Bonchev–Trinajstić information content (AvgIpc) is 3.01. The van der Waals surface area contributed by atoms with E-state index in [4.69, 9.17) is 5.11 Å². The van der Waals surface area contributed by atoms with Gasteiger partial charge >= 0.3 is 5.97 Å². The lowest BCUT2D eigenvalue weighted by molar-refractivity contribution is -0.143. The number of hydrogen-bond acceptors (Lipinski definition) is 3. The molecule has 0 heterocycles. The quantitative estimate of drug-likeness (QED) is 0.772. The standard InChI is InChI=1S/C11H19NO4S/c1-2-7-5-8(6-10(7)11(13)14)12-17(15,16)9-3-4-9/h7-10,12H,2-6H2,1H3,(H,13,14)/t7-,8?,10+/m1/s1. The van der Waals surface area contributed by atoms with Gasteiger partial charge in [0, 0.05) is 6.04 Å². The maximum absolute atomic E-state index is 11.8. The van der Waals surface area contributed by atoms with Crippen LogP contribution in [0.15, 0.2) is 0 Å². The Morgan fingerprint density at radius 1 is 1.35 bits per heavy atom. The van der Waals surface area contributed by atoms with Crippen molar-refractivity contribution in [2.45, 2.75) is 50.3 Å². The zero-order valence-electron chi connectivity index (χ0n) is 9.93. The van der Waals surface area contributed by atoms with Crippen molar-refractivity contribution < 1.29 is 18.3 Å². The fraction of sp³-hybridized carbons (Fsp3) is 0.909. The van der Waals surface area contributed by atoms with Crippen LogP contribution in [0, 0.1) is 11.8 Å². The molecule has 0 aliphatic heterocycles. The smallest absolute Gasteiger partial charge is 0.306 e. The highest BCUT2D eigenvalue weighted by molar-refractivity contribution is 7.90. The first-order valence-corrected chi connectivity index (χ1v) is 7.72. The van der Waals surface area contributed by atoms with Gasteiger partial charge < -0.3 is 5.11 Å². The van der Waals surface area contributed by atoms with Gasteiger partial charge in [-0.05, 0) is 31.6 Å². The highest BCUT2D eigenvalue weighted by Gasteiger charge is 2.42. The van der Waals surface area contributed by atoms with Gasteiger partial charge in [-0.3, -0.25) is 4.79 Å². The van der Waals surface area contributed by atoms with Crippen molar-refractivity contribution in [1.29, 1.82) is 0 Å². The molecule has 6 heteroatoms. The monoisotopic (exact) mass is 261 g/mol. The number of sulfonamides is 1. The highest BCUT2D eigenvalue weighted by Crippen LogP contribution is 2.36. The lowest BCUT2D eigenvalue weighted by Crippen LogP contribution is -2.35. The summed E-state index contributed by atoms with van der Waals surface area (Å²) in [6.45, 7) is 1.96. The minimum atomic E-state index is -3.19. The fourth-order valence-electron chi connectivity index (χ4n) is 2.68. The Morgan fingerprint density at radius 3 is 2.41 bits per heavy atom. The van der Waals surface area contributed by atoms with Gasteiger partial charge in [-0.1, -0.05) is 13.3 Å². The van der Waals surface area contributed by atoms with Gasteiger partial charge in [0.05, 0.1) is 11.2 Å². The first-order valence-electron chi connectivity index (χ1n) is 6.18. The molecule has 2 rings (SSSR count). The Kier molecular flexibility index (Phi) is 3.45. The van der Waals surface area contributed by atoms with Gasteiger partial charge in [-0.25, -0.2) is 13.1 Å². The lowest BCUT2D eigenvalue weighted by Gasteiger charge is -2.12. The molecule has 0 aromatic carbocycles. The van der Waals surface area contributed by atoms with E-state index in [2.05, 4.69) is 4.72 Å². The topological polar surface area (TPSA) is 83.5 Å². The summed E-state index contributed by atoms with van der Waals surface area (Å²) in [6, 6.07) is -0.188. The molecule has 0 saturated heterocycles. The molecular formula is C11H19NO4S. The fourth-order valence-corrected chi connectivity index (χ4v) is 4.29. The molecule has 5 nitrogen and oxygen atoms in total. The van der Waals surface area contributed by atoms with Gasteiger partial charge in [0.2, 0.25) is 10.0 Å². The summed E-state index contributed by atoms with van der Waals surface area (Å²) >= 11 is 0. The third-order valence-corrected chi connectivity index (χ3v) is 5.84. The molecule has 17 heavy (non-hydrogen) atoms. The van der Waals surface area contributed by atoms with Gasteiger partial charge in [0.1, 0.15) is 0 Å². The Morgan fingerprint density at radius 2 is 2.00 bits per heavy atom. The second-order valence-corrected chi connectivity index (χ2v) is 7.14. The number of nitrogens with one attached hydrogen (secondary N) is 1. The van der Waals surface area contributed by atoms with Crippen LogP contribution in [0.5, 0.6) is 0 Å². The predicted octanol–water partition coefficient (Wildman–Crippen LogP) is 0.958. The molecule has 0 amide bonds. The van der Waals surface area contributed by atoms with Crippen molar-refractivity contribution in [3.05, 3.63) is 0 Å². The summed E-state index contributed by atoms with van der Waals surface area (Å²) in [5, 5.41) is 8.85.